The van der Waals surface area contributed by atoms with Crippen molar-refractivity contribution in [1.29, 1.82) is 0 Å². The van der Waals surface area contributed by atoms with Gasteiger partial charge in [0, 0.05) is 37.0 Å². The van der Waals surface area contributed by atoms with E-state index in [2.05, 4.69) is 23.7 Å². The van der Waals surface area contributed by atoms with E-state index in [9.17, 15) is 21.6 Å². The highest BCUT2D eigenvalue weighted by molar-refractivity contribution is 7.98. The first-order chi connectivity index (χ1) is 19.0. The lowest BCUT2D eigenvalue weighted by Crippen LogP contribution is -2.32. The van der Waals surface area contributed by atoms with Gasteiger partial charge in [-0.05, 0) is 61.9 Å². The van der Waals surface area contributed by atoms with Gasteiger partial charge in [0.1, 0.15) is 5.60 Å². The first kappa shape index (κ1) is 42.8. The molecule has 242 valence electrons. The van der Waals surface area contributed by atoms with Crippen LogP contribution < -0.4 is 16.8 Å². The number of carbonyl (C=O) groups excluding carboxylic acids is 1. The van der Waals surface area contributed by atoms with E-state index >= 15 is 0 Å². The molecule has 5 N–H and O–H groups in total. The van der Waals surface area contributed by atoms with Gasteiger partial charge in [-0.25, -0.2) is 21.6 Å². The molecular formula is C29H43Cl2N3O6S3. The number of ether oxygens (including phenoxy) is 1. The Kier molecular flexibility index (Phi) is 19.8. The third-order valence-electron chi connectivity index (χ3n) is 5.20. The van der Waals surface area contributed by atoms with Gasteiger partial charge in [-0.1, -0.05) is 54.6 Å². The molecule has 0 bridgehead atoms. The third-order valence-corrected chi connectivity index (χ3v) is 8.43. The molecular weight excluding hydrogens is 653 g/mol. The summed E-state index contributed by atoms with van der Waals surface area (Å²) in [5.74, 6) is 0. The van der Waals surface area contributed by atoms with Crippen LogP contribution in [0.3, 0.4) is 0 Å². The van der Waals surface area contributed by atoms with E-state index in [0.29, 0.717) is 22.6 Å². The molecule has 3 aromatic rings. The number of benzene rings is 3. The summed E-state index contributed by atoms with van der Waals surface area (Å²) in [6.07, 6.45) is 3.81. The molecule has 0 heterocycles. The van der Waals surface area contributed by atoms with Crippen molar-refractivity contribution in [2.45, 2.75) is 60.7 Å². The first-order valence-corrected chi connectivity index (χ1v) is 17.6. The van der Waals surface area contributed by atoms with Crippen molar-refractivity contribution in [2.24, 2.45) is 11.5 Å². The summed E-state index contributed by atoms with van der Waals surface area (Å²) in [7, 11) is -6.43. The van der Waals surface area contributed by atoms with Gasteiger partial charge < -0.3 is 21.5 Å². The van der Waals surface area contributed by atoms with Crippen LogP contribution in [0.4, 0.5) is 4.79 Å². The van der Waals surface area contributed by atoms with E-state index < -0.39 is 31.4 Å². The number of carbonyl (C=O) groups is 1. The maximum Gasteiger partial charge on any atom is 0.407 e. The lowest BCUT2D eigenvalue weighted by Gasteiger charge is -2.20. The number of hydrogen-bond donors (Lipinski definition) is 3. The van der Waals surface area contributed by atoms with Gasteiger partial charge in [-0.3, -0.25) is 0 Å². The van der Waals surface area contributed by atoms with E-state index in [4.69, 9.17) is 16.2 Å². The van der Waals surface area contributed by atoms with Crippen LogP contribution in [-0.4, -0.2) is 47.3 Å². The smallest absolute Gasteiger partial charge is 0.407 e. The Hall–Kier alpha value is -2.32. The van der Waals surface area contributed by atoms with Crippen LogP contribution >= 0.6 is 36.6 Å². The van der Waals surface area contributed by atoms with Gasteiger partial charge in [0.15, 0.2) is 19.7 Å². The molecule has 0 spiro atoms. The summed E-state index contributed by atoms with van der Waals surface area (Å²) in [6.45, 7) is 6.28. The molecule has 0 aliphatic carbocycles. The second kappa shape index (κ2) is 19.9. The molecule has 0 fully saturated rings. The molecule has 0 atom stereocenters. The molecule has 9 nitrogen and oxygen atoms in total. The van der Waals surface area contributed by atoms with E-state index in [1.165, 1.54) is 22.8 Å². The topological polar surface area (TPSA) is 159 Å². The highest BCUT2D eigenvalue weighted by Crippen LogP contribution is 2.19. The van der Waals surface area contributed by atoms with Crippen LogP contribution in [0.25, 0.3) is 0 Å². The Labute approximate surface area is 273 Å². The second-order valence-corrected chi connectivity index (χ2v) is 14.7. The zero-order valence-corrected chi connectivity index (χ0v) is 29.3. The van der Waals surface area contributed by atoms with Gasteiger partial charge in [0.25, 0.3) is 0 Å². The van der Waals surface area contributed by atoms with Crippen molar-refractivity contribution in [2.75, 3.05) is 18.8 Å². The Morgan fingerprint density at radius 3 is 1.51 bits per heavy atom. The fourth-order valence-electron chi connectivity index (χ4n) is 3.40. The SMILES string of the molecule is CC(C)(C)OC(=O)NCc1ccccc1S(C)(=O)=O.CS(=O)(=O)c1ccccc1CN.CSc1ccccc1CN.Cl.Cl. The van der Waals surface area contributed by atoms with Crippen LogP contribution in [0.1, 0.15) is 37.5 Å². The molecule has 0 unspecified atom stereocenters. The number of rotatable bonds is 7. The average molecular weight is 697 g/mol. The number of hydrogen-bond acceptors (Lipinski definition) is 9. The Bertz CT molecular complexity index is 1470. The molecule has 43 heavy (non-hydrogen) atoms. The molecule has 0 saturated heterocycles. The zero-order chi connectivity index (χ0) is 31.3. The van der Waals surface area contributed by atoms with E-state index in [1.54, 1.807) is 75.0 Å². The Morgan fingerprint density at radius 2 is 1.14 bits per heavy atom. The van der Waals surface area contributed by atoms with Crippen molar-refractivity contribution in [3.05, 3.63) is 89.5 Å². The van der Waals surface area contributed by atoms with Crippen LogP contribution in [0.5, 0.6) is 0 Å². The third kappa shape index (κ3) is 16.4. The molecule has 3 aromatic carbocycles. The minimum absolute atomic E-state index is 0. The minimum atomic E-state index is -3.31. The normalized spacial score (nSPS) is 10.8. The van der Waals surface area contributed by atoms with Crippen LogP contribution in [0.2, 0.25) is 0 Å². The molecule has 3 rings (SSSR count). The van der Waals surface area contributed by atoms with Gasteiger partial charge in [-0.2, -0.15) is 0 Å². The first-order valence-electron chi connectivity index (χ1n) is 12.6. The fraction of sp³-hybridized carbons (Fsp3) is 0.345. The zero-order valence-electron chi connectivity index (χ0n) is 25.2. The summed E-state index contributed by atoms with van der Waals surface area (Å²) < 4.78 is 50.6. The van der Waals surface area contributed by atoms with Crippen molar-refractivity contribution < 1.29 is 26.4 Å². The van der Waals surface area contributed by atoms with Gasteiger partial charge in [-0.15, -0.1) is 36.6 Å². The number of alkyl carbamates (subject to hydrolysis) is 1. The van der Waals surface area contributed by atoms with Crippen LogP contribution in [0, 0.1) is 0 Å². The van der Waals surface area contributed by atoms with Gasteiger partial charge in [0.2, 0.25) is 0 Å². The standard InChI is InChI=1S/C13H19NO4S.C8H11NO2S.C8H11NS.2ClH/c1-13(2,3)18-12(15)14-9-10-7-5-6-8-11(10)19(4,16)17;1-12(10,11)8-5-3-2-4-7(8)6-9;1-10-8-5-3-2-4-7(8)6-9;;/h5-8H,9H2,1-4H3,(H,14,15);2-5H,6,9H2,1H3;2-5H,6,9H2,1H3;2*1H. The molecule has 0 aliphatic rings. The maximum absolute atomic E-state index is 11.6. The summed E-state index contributed by atoms with van der Waals surface area (Å²) in [5, 5.41) is 2.54. The Balaban J connectivity index is 0. The van der Waals surface area contributed by atoms with Crippen molar-refractivity contribution >= 4 is 62.3 Å². The molecule has 0 aliphatic heterocycles. The van der Waals surface area contributed by atoms with Gasteiger partial charge >= 0.3 is 6.09 Å². The van der Waals surface area contributed by atoms with Crippen molar-refractivity contribution in [1.82, 2.24) is 5.32 Å². The van der Waals surface area contributed by atoms with Crippen LogP contribution in [-0.2, 0) is 44.0 Å². The number of nitrogens with two attached hydrogens (primary N) is 2. The Morgan fingerprint density at radius 1 is 0.744 bits per heavy atom. The summed E-state index contributed by atoms with van der Waals surface area (Å²) in [5.41, 5.74) is 12.7. The lowest BCUT2D eigenvalue weighted by atomic mass is 10.2. The van der Waals surface area contributed by atoms with Crippen LogP contribution in [0.15, 0.2) is 87.5 Å². The number of halogens is 2. The van der Waals surface area contributed by atoms with E-state index in [1.807, 2.05) is 12.1 Å². The largest absolute Gasteiger partial charge is 0.444 e. The number of sulfone groups is 2. The quantitative estimate of drug-likeness (QED) is 0.276. The van der Waals surface area contributed by atoms with Gasteiger partial charge in [0.05, 0.1) is 9.79 Å². The summed E-state index contributed by atoms with van der Waals surface area (Å²) in [6, 6.07) is 21.5. The maximum atomic E-state index is 11.6. The molecule has 0 radical (unpaired) electrons. The summed E-state index contributed by atoms with van der Waals surface area (Å²) >= 11 is 1.74. The number of amides is 1. The molecule has 0 saturated carbocycles. The predicted molar refractivity (Wildman–Crippen MR) is 181 cm³/mol. The fourth-order valence-corrected chi connectivity index (χ4v) is 5.92. The van der Waals surface area contributed by atoms with Crippen molar-refractivity contribution in [3.8, 4) is 0 Å². The average Bonchev–Trinajstić information content (AvgIpc) is 2.90. The lowest BCUT2D eigenvalue weighted by molar-refractivity contribution is 0.0523. The molecule has 0 aromatic heterocycles. The monoisotopic (exact) mass is 695 g/mol. The molecule has 14 heteroatoms. The molecule has 1 amide bonds. The highest BCUT2D eigenvalue weighted by Gasteiger charge is 2.17. The number of thioether (sulfide) groups is 1. The van der Waals surface area contributed by atoms with Crippen molar-refractivity contribution in [3.63, 3.8) is 0 Å². The number of nitrogens with one attached hydrogen (secondary N) is 1. The van der Waals surface area contributed by atoms with E-state index in [-0.39, 0.29) is 42.8 Å². The second-order valence-electron chi connectivity index (χ2n) is 9.84. The minimum Gasteiger partial charge on any atom is -0.444 e. The predicted octanol–water partition coefficient (Wildman–Crippen LogP) is 5.37. The highest BCUT2D eigenvalue weighted by atomic mass is 35.5. The van der Waals surface area contributed by atoms with E-state index in [0.717, 1.165) is 6.26 Å². The summed E-state index contributed by atoms with van der Waals surface area (Å²) in [4.78, 5) is 13.3.